The first-order valence-electron chi connectivity index (χ1n) is 19.0. The van der Waals surface area contributed by atoms with Gasteiger partial charge in [0.25, 0.3) is 10.1 Å². The molecule has 0 aromatic heterocycles. The van der Waals surface area contributed by atoms with Crippen molar-refractivity contribution in [3.63, 3.8) is 0 Å². The Morgan fingerprint density at radius 2 is 0.956 bits per heavy atom. The average Bonchev–Trinajstić information content (AvgIpc) is 3.00. The number of unbranched alkanes of at least 4 members (excludes halogenated alkanes) is 24. The largest absolute Gasteiger partial charge is 0.387 e. The summed E-state index contributed by atoms with van der Waals surface area (Å²) in [6, 6.07) is -1.07. The second kappa shape index (κ2) is 32.7. The van der Waals surface area contributed by atoms with Crippen molar-refractivity contribution in [2.75, 3.05) is 5.75 Å². The summed E-state index contributed by atoms with van der Waals surface area (Å²) in [6.07, 6.45) is 40.2. The molecule has 0 aromatic rings. The van der Waals surface area contributed by atoms with E-state index in [0.29, 0.717) is 6.42 Å². The number of aliphatic hydroxyl groups is 1. The maximum absolute atomic E-state index is 12.5. The molecule has 2 unspecified atom stereocenters. The second-order valence-corrected chi connectivity index (χ2v) is 14.7. The number of carbonyl (C=O) groups is 1. The Morgan fingerprint density at radius 1 is 0.578 bits per heavy atom. The highest BCUT2D eigenvalue weighted by atomic mass is 32.2. The molecule has 0 aliphatic heterocycles. The van der Waals surface area contributed by atoms with E-state index in [2.05, 4.69) is 31.3 Å². The third kappa shape index (κ3) is 34.0. The Morgan fingerprint density at radius 3 is 1.40 bits per heavy atom. The zero-order valence-electron chi connectivity index (χ0n) is 29.5. The first kappa shape index (κ1) is 43.8. The van der Waals surface area contributed by atoms with Gasteiger partial charge in [0.05, 0.1) is 17.9 Å². The lowest BCUT2D eigenvalue weighted by atomic mass is 10.0. The number of carbonyl (C=O) groups excluding carboxylic acids is 1. The van der Waals surface area contributed by atoms with Crippen LogP contribution in [0, 0.1) is 0 Å². The smallest absolute Gasteiger partial charge is 0.267 e. The van der Waals surface area contributed by atoms with Crippen molar-refractivity contribution in [2.24, 2.45) is 0 Å². The van der Waals surface area contributed by atoms with Crippen molar-refractivity contribution in [1.29, 1.82) is 0 Å². The van der Waals surface area contributed by atoms with Crippen molar-refractivity contribution >= 4 is 16.0 Å². The molecule has 0 bridgehead atoms. The lowest BCUT2D eigenvalue weighted by Crippen LogP contribution is -2.46. The van der Waals surface area contributed by atoms with Crippen LogP contribution >= 0.6 is 0 Å². The van der Waals surface area contributed by atoms with Gasteiger partial charge >= 0.3 is 0 Å². The summed E-state index contributed by atoms with van der Waals surface area (Å²) in [5.74, 6) is -0.994. The minimum Gasteiger partial charge on any atom is -0.387 e. The molecule has 7 heteroatoms. The van der Waals surface area contributed by atoms with Crippen molar-refractivity contribution < 1.29 is 22.9 Å². The van der Waals surface area contributed by atoms with Crippen LogP contribution in [0.1, 0.15) is 194 Å². The summed E-state index contributed by atoms with van der Waals surface area (Å²) < 4.78 is 32.3. The fourth-order valence-electron chi connectivity index (χ4n) is 5.76. The summed E-state index contributed by atoms with van der Waals surface area (Å²) in [7, 11) is -4.34. The predicted molar refractivity (Wildman–Crippen MR) is 193 cm³/mol. The highest BCUT2D eigenvalue weighted by Crippen LogP contribution is 2.15. The maximum Gasteiger partial charge on any atom is 0.267 e. The molecule has 0 saturated heterocycles. The van der Waals surface area contributed by atoms with Crippen LogP contribution in [0.5, 0.6) is 0 Å². The Hall–Kier alpha value is -1.18. The van der Waals surface area contributed by atoms with Gasteiger partial charge in [-0.05, 0) is 32.1 Å². The summed E-state index contributed by atoms with van der Waals surface area (Å²) >= 11 is 0. The number of hydrogen-bond donors (Lipinski definition) is 3. The van der Waals surface area contributed by atoms with E-state index in [1.807, 2.05) is 0 Å². The van der Waals surface area contributed by atoms with Crippen LogP contribution in [-0.4, -0.2) is 41.9 Å². The van der Waals surface area contributed by atoms with E-state index in [4.69, 9.17) is 0 Å². The van der Waals surface area contributed by atoms with Crippen LogP contribution in [0.15, 0.2) is 24.3 Å². The Balaban J connectivity index is 3.93. The number of aliphatic hydroxyl groups excluding tert-OH is 1. The SMILES string of the molecule is CCCCCCCC/C=C/CC/C=C/C(O)C(CS(=O)(=O)O)NC(=O)CCCCCCCCCCCCCCCCCCCC. The van der Waals surface area contributed by atoms with E-state index in [1.54, 1.807) is 6.08 Å². The molecule has 45 heavy (non-hydrogen) atoms. The fraction of sp³-hybridized carbons (Fsp3) is 0.868. The zero-order chi connectivity index (χ0) is 33.3. The van der Waals surface area contributed by atoms with Gasteiger partial charge in [0.2, 0.25) is 5.91 Å². The first-order chi connectivity index (χ1) is 21.8. The molecule has 0 fully saturated rings. The quantitative estimate of drug-likeness (QED) is 0.0363. The standard InChI is InChI=1S/C38H73NO5S/c1-3-5-7-9-11-13-15-17-18-19-20-21-22-24-26-28-30-32-34-38(41)39-36(35-45(42,43)44)37(40)33-31-29-27-25-23-16-14-12-10-8-6-4-2/h23,25,31,33,36-37,40H,3-22,24,26-30,32,34-35H2,1-2H3,(H,39,41)(H,42,43,44)/b25-23+,33-31+. The lowest BCUT2D eigenvalue weighted by Gasteiger charge is -2.21. The molecule has 6 nitrogen and oxygen atoms in total. The highest BCUT2D eigenvalue weighted by molar-refractivity contribution is 7.85. The van der Waals surface area contributed by atoms with Crippen molar-refractivity contribution in [1.82, 2.24) is 5.32 Å². The molecule has 0 rings (SSSR count). The molecular weight excluding hydrogens is 582 g/mol. The van der Waals surface area contributed by atoms with Gasteiger partial charge < -0.3 is 10.4 Å². The van der Waals surface area contributed by atoms with Gasteiger partial charge in [-0.25, -0.2) is 0 Å². The molecular formula is C38H73NO5S. The van der Waals surface area contributed by atoms with Gasteiger partial charge in [0.15, 0.2) is 0 Å². The lowest BCUT2D eigenvalue weighted by molar-refractivity contribution is -0.122. The van der Waals surface area contributed by atoms with E-state index in [9.17, 15) is 22.9 Å². The van der Waals surface area contributed by atoms with Crippen molar-refractivity contribution in [3.8, 4) is 0 Å². The summed E-state index contributed by atoms with van der Waals surface area (Å²) in [4.78, 5) is 12.5. The van der Waals surface area contributed by atoms with E-state index < -0.39 is 28.0 Å². The van der Waals surface area contributed by atoms with E-state index in [-0.39, 0.29) is 5.91 Å². The van der Waals surface area contributed by atoms with E-state index >= 15 is 0 Å². The monoisotopic (exact) mass is 656 g/mol. The zero-order valence-corrected chi connectivity index (χ0v) is 30.3. The third-order valence-corrected chi connectivity index (χ3v) is 9.41. The summed E-state index contributed by atoms with van der Waals surface area (Å²) in [5, 5.41) is 13.1. The van der Waals surface area contributed by atoms with Crippen molar-refractivity contribution in [3.05, 3.63) is 24.3 Å². The number of amides is 1. The van der Waals surface area contributed by atoms with Crippen LogP contribution in [0.2, 0.25) is 0 Å². The fourth-order valence-corrected chi connectivity index (χ4v) is 6.49. The minimum absolute atomic E-state index is 0.287. The number of allylic oxidation sites excluding steroid dienone is 3. The third-order valence-electron chi connectivity index (χ3n) is 8.63. The first-order valence-corrected chi connectivity index (χ1v) is 20.6. The van der Waals surface area contributed by atoms with Crippen molar-refractivity contribution in [2.45, 2.75) is 206 Å². The molecule has 266 valence electrons. The van der Waals surface area contributed by atoms with Crippen LogP contribution in [-0.2, 0) is 14.9 Å². The molecule has 0 spiro atoms. The van der Waals surface area contributed by atoms with E-state index in [0.717, 1.165) is 38.5 Å². The normalized spacial score (nSPS) is 13.6. The Labute approximate surface area is 279 Å². The van der Waals surface area contributed by atoms with Gasteiger partial charge in [-0.15, -0.1) is 0 Å². The molecule has 0 radical (unpaired) electrons. The molecule has 1 amide bonds. The van der Waals surface area contributed by atoms with Gasteiger partial charge in [-0.1, -0.05) is 179 Å². The number of hydrogen-bond acceptors (Lipinski definition) is 4. The minimum atomic E-state index is -4.34. The van der Waals surface area contributed by atoms with Crippen LogP contribution in [0.25, 0.3) is 0 Å². The van der Waals surface area contributed by atoms with Crippen LogP contribution < -0.4 is 5.32 Å². The molecule has 3 N–H and O–H groups in total. The molecule has 2 atom stereocenters. The predicted octanol–water partition coefficient (Wildman–Crippen LogP) is 10.8. The molecule has 0 aliphatic carbocycles. The van der Waals surface area contributed by atoms with E-state index in [1.165, 1.54) is 141 Å². The van der Waals surface area contributed by atoms with Crippen LogP contribution in [0.4, 0.5) is 0 Å². The number of nitrogens with one attached hydrogen (secondary N) is 1. The molecule has 0 aliphatic rings. The Kier molecular flexibility index (Phi) is 31.9. The molecule has 0 heterocycles. The average molecular weight is 656 g/mol. The topological polar surface area (TPSA) is 104 Å². The highest BCUT2D eigenvalue weighted by Gasteiger charge is 2.24. The van der Waals surface area contributed by atoms with Gasteiger partial charge in [0, 0.05) is 6.42 Å². The Bertz CT molecular complexity index is 811. The maximum atomic E-state index is 12.5. The number of rotatable bonds is 34. The van der Waals surface area contributed by atoms with Gasteiger partial charge in [0.1, 0.15) is 0 Å². The second-order valence-electron chi connectivity index (χ2n) is 13.2. The van der Waals surface area contributed by atoms with Gasteiger partial charge in [-0.3, -0.25) is 9.35 Å². The van der Waals surface area contributed by atoms with Gasteiger partial charge in [-0.2, -0.15) is 8.42 Å². The summed E-state index contributed by atoms with van der Waals surface area (Å²) in [5.41, 5.74) is 0. The summed E-state index contributed by atoms with van der Waals surface area (Å²) in [6.45, 7) is 4.50. The van der Waals surface area contributed by atoms with Crippen LogP contribution in [0.3, 0.4) is 0 Å². The molecule has 0 aromatic carbocycles. The molecule has 0 saturated carbocycles.